The Kier molecular flexibility index (Phi) is 4.61. The molecule has 0 atom stereocenters. The Bertz CT molecular complexity index is 1140. The highest BCUT2D eigenvalue weighted by molar-refractivity contribution is 7.94. The highest BCUT2D eigenvalue weighted by Crippen LogP contribution is 2.49. The monoisotopic (exact) mass is 406 g/mol. The van der Waals surface area contributed by atoms with Crippen molar-refractivity contribution < 1.29 is 23.1 Å². The number of sulfone groups is 1. The maximum Gasteiger partial charge on any atom is 0.341 e. The summed E-state index contributed by atoms with van der Waals surface area (Å²) in [6, 6.07) is 2.72. The van der Waals surface area contributed by atoms with E-state index in [0.717, 1.165) is 4.57 Å². The quantitative estimate of drug-likeness (QED) is 0.698. The first-order valence-electron chi connectivity index (χ1n) is 8.70. The maximum atomic E-state index is 13.0. The Balaban J connectivity index is 2.01. The van der Waals surface area contributed by atoms with Crippen molar-refractivity contribution in [2.24, 2.45) is 7.05 Å². The average molecular weight is 406 g/mol. The lowest BCUT2D eigenvalue weighted by atomic mass is 10.2. The third-order valence-electron chi connectivity index (χ3n) is 5.35. The summed E-state index contributed by atoms with van der Waals surface area (Å²) in [6.07, 6.45) is 3.81. The van der Waals surface area contributed by atoms with Crippen molar-refractivity contribution in [3.8, 4) is 5.75 Å². The standard InChI is InChI=1S/C19H22N2O6S/c1-5-18(2,3)28(25,26)19(7-8-19)11-27-14-6-9-20-13-10-12(17(23)24)16(22)21(4)15(13)14/h5-6,9-10H,1,7-8,11H2,2-4H3,(H,23,24). The predicted molar refractivity (Wildman–Crippen MR) is 105 cm³/mol. The van der Waals surface area contributed by atoms with Crippen molar-refractivity contribution in [3.63, 3.8) is 0 Å². The molecule has 0 radical (unpaired) electrons. The Morgan fingerprint density at radius 2 is 2.11 bits per heavy atom. The SMILES string of the molecule is C=CC(C)(C)S(=O)(=O)C1(COc2ccnc3cc(C(=O)O)c(=O)n(C)c23)CC1. The lowest BCUT2D eigenvalue weighted by Crippen LogP contribution is -2.43. The summed E-state index contributed by atoms with van der Waals surface area (Å²) < 4.78 is 30.9. The molecule has 3 rings (SSSR count). The third-order valence-corrected chi connectivity index (χ3v) is 8.57. The number of aromatic carboxylic acids is 1. The zero-order valence-electron chi connectivity index (χ0n) is 15.9. The van der Waals surface area contributed by atoms with Crippen LogP contribution in [0.3, 0.4) is 0 Å². The summed E-state index contributed by atoms with van der Waals surface area (Å²) in [4.78, 5) is 27.7. The molecule has 2 aromatic rings. The van der Waals surface area contributed by atoms with Crippen LogP contribution in [0, 0.1) is 0 Å². The van der Waals surface area contributed by atoms with E-state index < -0.39 is 36.4 Å². The molecule has 1 saturated carbocycles. The topological polar surface area (TPSA) is 116 Å². The minimum atomic E-state index is -3.54. The number of hydrogen-bond acceptors (Lipinski definition) is 6. The minimum Gasteiger partial charge on any atom is -0.490 e. The van der Waals surface area contributed by atoms with Crippen molar-refractivity contribution in [1.82, 2.24) is 9.55 Å². The van der Waals surface area contributed by atoms with E-state index in [1.165, 1.54) is 31.5 Å². The zero-order chi connectivity index (χ0) is 20.9. The third kappa shape index (κ3) is 2.90. The van der Waals surface area contributed by atoms with Gasteiger partial charge in [0.25, 0.3) is 5.56 Å². The average Bonchev–Trinajstić information content (AvgIpc) is 3.44. The molecule has 0 amide bonds. The van der Waals surface area contributed by atoms with Gasteiger partial charge >= 0.3 is 5.97 Å². The molecular weight excluding hydrogens is 384 g/mol. The predicted octanol–water partition coefficient (Wildman–Crippen LogP) is 1.92. The number of rotatable bonds is 7. The van der Waals surface area contributed by atoms with E-state index in [2.05, 4.69) is 11.6 Å². The number of aryl methyl sites for hydroxylation is 1. The fraction of sp³-hybridized carbons (Fsp3) is 0.421. The smallest absolute Gasteiger partial charge is 0.341 e. The Labute approximate surface area is 162 Å². The molecule has 0 saturated heterocycles. The van der Waals surface area contributed by atoms with Gasteiger partial charge in [0.2, 0.25) is 0 Å². The number of ether oxygens (including phenoxy) is 1. The first-order valence-corrected chi connectivity index (χ1v) is 10.2. The van der Waals surface area contributed by atoms with Crippen LogP contribution >= 0.6 is 0 Å². The molecule has 0 unspecified atom stereocenters. The molecule has 0 spiro atoms. The summed E-state index contributed by atoms with van der Waals surface area (Å²) in [5.74, 6) is -1.07. The van der Waals surface area contributed by atoms with Crippen LogP contribution in [0.2, 0.25) is 0 Å². The van der Waals surface area contributed by atoms with Gasteiger partial charge in [-0.15, -0.1) is 6.58 Å². The number of hydrogen-bond donors (Lipinski definition) is 1. The largest absolute Gasteiger partial charge is 0.490 e. The summed E-state index contributed by atoms with van der Waals surface area (Å²) in [5, 5.41) is 9.18. The van der Waals surface area contributed by atoms with Gasteiger partial charge in [0.15, 0.2) is 9.84 Å². The van der Waals surface area contributed by atoms with Crippen LogP contribution in [0.1, 0.15) is 37.0 Å². The van der Waals surface area contributed by atoms with E-state index in [0.29, 0.717) is 18.4 Å². The Morgan fingerprint density at radius 1 is 1.46 bits per heavy atom. The molecule has 0 aromatic carbocycles. The van der Waals surface area contributed by atoms with Gasteiger partial charge in [-0.25, -0.2) is 13.2 Å². The number of aromatic nitrogens is 2. The first kappa shape index (κ1) is 20.1. The van der Waals surface area contributed by atoms with Gasteiger partial charge in [0.05, 0.1) is 10.3 Å². The number of pyridine rings is 2. The highest BCUT2D eigenvalue weighted by Gasteiger charge is 2.59. The van der Waals surface area contributed by atoms with Crippen molar-refractivity contribution in [2.45, 2.75) is 36.2 Å². The van der Waals surface area contributed by atoms with Gasteiger partial charge in [-0.1, -0.05) is 6.08 Å². The molecule has 1 N–H and O–H groups in total. The lowest BCUT2D eigenvalue weighted by Gasteiger charge is -2.27. The fourth-order valence-corrected chi connectivity index (χ4v) is 5.34. The molecule has 8 nitrogen and oxygen atoms in total. The van der Waals surface area contributed by atoms with E-state index in [1.54, 1.807) is 13.8 Å². The second-order valence-corrected chi connectivity index (χ2v) is 10.5. The van der Waals surface area contributed by atoms with Crippen molar-refractivity contribution in [3.05, 3.63) is 46.9 Å². The molecule has 0 aliphatic heterocycles. The molecule has 1 fully saturated rings. The van der Waals surface area contributed by atoms with Gasteiger partial charge in [-0.05, 0) is 32.8 Å². The molecule has 150 valence electrons. The van der Waals surface area contributed by atoms with Gasteiger partial charge < -0.3 is 14.4 Å². The van der Waals surface area contributed by atoms with Crippen molar-refractivity contribution >= 4 is 26.8 Å². The van der Waals surface area contributed by atoms with Crippen LogP contribution in [0.4, 0.5) is 0 Å². The zero-order valence-corrected chi connectivity index (χ0v) is 16.7. The molecule has 1 aliphatic rings. The van der Waals surface area contributed by atoms with E-state index in [4.69, 9.17) is 4.74 Å². The van der Waals surface area contributed by atoms with Crippen LogP contribution in [0.25, 0.3) is 11.0 Å². The lowest BCUT2D eigenvalue weighted by molar-refractivity contribution is 0.0694. The summed E-state index contributed by atoms with van der Waals surface area (Å²) in [6.45, 7) is 6.77. The van der Waals surface area contributed by atoms with Gasteiger partial charge in [-0.3, -0.25) is 9.78 Å². The first-order chi connectivity index (χ1) is 13.0. The second-order valence-electron chi connectivity index (χ2n) is 7.55. The van der Waals surface area contributed by atoms with E-state index in [1.807, 2.05) is 0 Å². The molecule has 1 aliphatic carbocycles. The van der Waals surface area contributed by atoms with Crippen molar-refractivity contribution in [1.29, 1.82) is 0 Å². The van der Waals surface area contributed by atoms with Crippen LogP contribution in [-0.2, 0) is 16.9 Å². The maximum absolute atomic E-state index is 13.0. The summed E-state index contributed by atoms with van der Waals surface area (Å²) in [5.41, 5.74) is -0.502. The Morgan fingerprint density at radius 3 is 2.64 bits per heavy atom. The van der Waals surface area contributed by atoms with E-state index in [9.17, 15) is 23.1 Å². The fourth-order valence-electron chi connectivity index (χ4n) is 3.15. The molecule has 9 heteroatoms. The number of carboxylic acid groups (broad SMARTS) is 1. The van der Waals surface area contributed by atoms with Crippen LogP contribution in [0.5, 0.6) is 5.75 Å². The van der Waals surface area contributed by atoms with Gasteiger partial charge in [0, 0.05) is 19.3 Å². The second kappa shape index (κ2) is 6.44. The molecule has 28 heavy (non-hydrogen) atoms. The number of carbonyl (C=O) groups is 1. The van der Waals surface area contributed by atoms with E-state index >= 15 is 0 Å². The van der Waals surface area contributed by atoms with Gasteiger partial charge in [0.1, 0.15) is 28.2 Å². The molecule has 2 heterocycles. The van der Waals surface area contributed by atoms with Crippen molar-refractivity contribution in [2.75, 3.05) is 6.61 Å². The number of fused-ring (bicyclic) bond motifs is 1. The number of nitrogens with zero attached hydrogens (tertiary/aromatic N) is 2. The summed E-state index contributed by atoms with van der Waals surface area (Å²) >= 11 is 0. The normalized spacial score (nSPS) is 16.0. The van der Waals surface area contributed by atoms with Crippen LogP contribution in [-0.4, -0.2) is 45.1 Å². The van der Waals surface area contributed by atoms with Gasteiger partial charge in [-0.2, -0.15) is 0 Å². The van der Waals surface area contributed by atoms with Crippen LogP contribution in [0.15, 0.2) is 35.8 Å². The molecule has 2 aromatic heterocycles. The molecule has 0 bridgehead atoms. The summed E-state index contributed by atoms with van der Waals surface area (Å²) in [7, 11) is -2.11. The van der Waals surface area contributed by atoms with E-state index in [-0.39, 0.29) is 17.9 Å². The Hall–Kier alpha value is -2.68. The van der Waals surface area contributed by atoms with Crippen LogP contribution < -0.4 is 10.3 Å². The minimum absolute atomic E-state index is 0.0689. The molecular formula is C19H22N2O6S. The highest BCUT2D eigenvalue weighted by atomic mass is 32.2. The number of carboxylic acids is 1.